The highest BCUT2D eigenvalue weighted by atomic mass is 15.6. The lowest BCUT2D eigenvalue weighted by atomic mass is 10.1. The van der Waals surface area contributed by atoms with Gasteiger partial charge in [-0.3, -0.25) is 5.43 Å². The Kier molecular flexibility index (Phi) is 1.78. The van der Waals surface area contributed by atoms with Crippen LogP contribution in [0.4, 0.5) is 0 Å². The summed E-state index contributed by atoms with van der Waals surface area (Å²) in [6.07, 6.45) is 4.43. The predicted molar refractivity (Wildman–Crippen MR) is 47.1 cm³/mol. The molecule has 1 aliphatic heterocycles. The summed E-state index contributed by atoms with van der Waals surface area (Å²) in [5.41, 5.74) is 8.43. The van der Waals surface area contributed by atoms with Gasteiger partial charge in [-0.05, 0) is 11.6 Å². The van der Waals surface area contributed by atoms with Crippen LogP contribution in [-0.2, 0) is 0 Å². The summed E-state index contributed by atoms with van der Waals surface area (Å²) < 4.78 is 0. The number of nitrogens with zero attached hydrogens (tertiary/aromatic N) is 2. The number of allylic oxidation sites excluding steroid dienone is 1. The van der Waals surface area contributed by atoms with E-state index < -0.39 is 0 Å². The van der Waals surface area contributed by atoms with Crippen LogP contribution in [0.1, 0.15) is 5.56 Å². The molecule has 0 aromatic heterocycles. The summed E-state index contributed by atoms with van der Waals surface area (Å²) in [5.74, 6) is 0. The van der Waals surface area contributed by atoms with Crippen molar-refractivity contribution in [1.29, 1.82) is 0 Å². The van der Waals surface area contributed by atoms with Gasteiger partial charge in [0, 0.05) is 0 Å². The molecule has 0 unspecified atom stereocenters. The predicted octanol–water partition coefficient (Wildman–Crippen LogP) is 1.01. The van der Waals surface area contributed by atoms with Crippen molar-refractivity contribution >= 4 is 11.9 Å². The van der Waals surface area contributed by atoms with E-state index in [1.165, 1.54) is 0 Å². The van der Waals surface area contributed by atoms with Gasteiger partial charge in [0.15, 0.2) is 0 Å². The maximum Gasteiger partial charge on any atom is 0.117 e. The molecule has 1 aromatic carbocycles. The molecular formula is C9H7N3. The van der Waals surface area contributed by atoms with Gasteiger partial charge in [0.2, 0.25) is 0 Å². The standard InChI is InChI=1S/C9H7N3/c1-2-4-8(5-3-1)9-6-7-10-12-11-9/h1-6,11H. The normalized spacial score (nSPS) is 14.5. The molecule has 12 heavy (non-hydrogen) atoms. The van der Waals surface area contributed by atoms with Gasteiger partial charge in [0.25, 0.3) is 0 Å². The molecule has 1 aliphatic rings. The van der Waals surface area contributed by atoms with Crippen molar-refractivity contribution in [3.05, 3.63) is 42.0 Å². The maximum atomic E-state index is 3.63. The molecule has 0 saturated heterocycles. The molecule has 3 heteroatoms. The van der Waals surface area contributed by atoms with Gasteiger partial charge >= 0.3 is 0 Å². The Morgan fingerprint density at radius 3 is 2.67 bits per heavy atom. The third-order valence-corrected chi connectivity index (χ3v) is 1.57. The van der Waals surface area contributed by atoms with Crippen LogP contribution in [0.3, 0.4) is 0 Å². The van der Waals surface area contributed by atoms with E-state index in [-0.39, 0.29) is 0 Å². The molecule has 0 amide bonds. The maximum absolute atomic E-state index is 3.63. The van der Waals surface area contributed by atoms with E-state index in [0.717, 1.165) is 11.3 Å². The molecule has 1 aromatic rings. The lowest BCUT2D eigenvalue weighted by Gasteiger charge is -2.08. The van der Waals surface area contributed by atoms with Crippen molar-refractivity contribution < 1.29 is 0 Å². The molecule has 1 heterocycles. The van der Waals surface area contributed by atoms with Crippen molar-refractivity contribution in [2.24, 2.45) is 5.10 Å². The summed E-state index contributed by atoms with van der Waals surface area (Å²) in [5, 5.41) is 3.54. The molecule has 3 nitrogen and oxygen atoms in total. The second-order valence-corrected chi connectivity index (χ2v) is 2.36. The molecule has 0 fully saturated rings. The van der Waals surface area contributed by atoms with Crippen molar-refractivity contribution in [2.75, 3.05) is 0 Å². The Morgan fingerprint density at radius 2 is 2.00 bits per heavy atom. The highest BCUT2D eigenvalue weighted by molar-refractivity contribution is 5.84. The van der Waals surface area contributed by atoms with Crippen molar-refractivity contribution in [2.45, 2.75) is 0 Å². The third-order valence-electron chi connectivity index (χ3n) is 1.57. The first-order valence-corrected chi connectivity index (χ1v) is 3.64. The molecule has 0 atom stereocenters. The fraction of sp³-hybridized carbons (Fsp3) is 0. The topological polar surface area (TPSA) is 38.5 Å². The number of nitrogens with one attached hydrogen (secondary N) is 1. The van der Waals surface area contributed by atoms with Gasteiger partial charge in [0.1, 0.15) is 6.21 Å². The van der Waals surface area contributed by atoms with Crippen molar-refractivity contribution in [3.8, 4) is 0 Å². The van der Waals surface area contributed by atoms with Crippen LogP contribution in [-0.4, -0.2) is 6.21 Å². The van der Waals surface area contributed by atoms with E-state index >= 15 is 0 Å². The molecule has 0 aliphatic carbocycles. The van der Waals surface area contributed by atoms with Gasteiger partial charge in [-0.2, -0.15) is 0 Å². The molecule has 58 valence electrons. The molecule has 2 radical (unpaired) electrons. The smallest absolute Gasteiger partial charge is 0.117 e. The Bertz CT molecular complexity index is 314. The van der Waals surface area contributed by atoms with Crippen LogP contribution in [0.15, 0.2) is 41.5 Å². The summed E-state index contributed by atoms with van der Waals surface area (Å²) in [4.78, 5) is 0. The lowest BCUT2D eigenvalue weighted by molar-refractivity contribution is 0.662. The van der Waals surface area contributed by atoms with Crippen molar-refractivity contribution in [3.63, 3.8) is 0 Å². The van der Waals surface area contributed by atoms with Gasteiger partial charge in [-0.15, -0.1) is 5.10 Å². The Hall–Kier alpha value is -1.77. The second-order valence-electron chi connectivity index (χ2n) is 2.36. The molecule has 0 spiro atoms. The van der Waals surface area contributed by atoms with Gasteiger partial charge < -0.3 is 0 Å². The van der Waals surface area contributed by atoms with Crippen LogP contribution in [0.25, 0.3) is 5.70 Å². The van der Waals surface area contributed by atoms with E-state index in [1.807, 2.05) is 30.3 Å². The number of hydrogen-bond acceptors (Lipinski definition) is 2. The van der Waals surface area contributed by atoms with Crippen LogP contribution in [0, 0.1) is 0 Å². The monoisotopic (exact) mass is 157 g/mol. The van der Waals surface area contributed by atoms with E-state index in [9.17, 15) is 0 Å². The first-order valence-electron chi connectivity index (χ1n) is 3.64. The Labute approximate surface area is 70.8 Å². The summed E-state index contributed by atoms with van der Waals surface area (Å²) in [6, 6.07) is 9.93. The van der Waals surface area contributed by atoms with Crippen LogP contribution >= 0.6 is 0 Å². The number of rotatable bonds is 1. The number of benzene rings is 1. The molecule has 1 N–H and O–H groups in total. The van der Waals surface area contributed by atoms with E-state index in [4.69, 9.17) is 0 Å². The first kappa shape index (κ1) is 6.91. The lowest BCUT2D eigenvalue weighted by Crippen LogP contribution is -2.21. The molecule has 0 bridgehead atoms. The molecular weight excluding hydrogens is 150 g/mol. The summed E-state index contributed by atoms with van der Waals surface area (Å²) in [6.45, 7) is 0. The first-order chi connectivity index (χ1) is 5.97. The van der Waals surface area contributed by atoms with Gasteiger partial charge in [-0.25, -0.2) is 0 Å². The average molecular weight is 157 g/mol. The zero-order valence-electron chi connectivity index (χ0n) is 6.36. The zero-order chi connectivity index (χ0) is 8.23. The molecule has 0 saturated carbocycles. The Balaban J connectivity index is 2.31. The van der Waals surface area contributed by atoms with E-state index in [2.05, 4.69) is 22.3 Å². The Morgan fingerprint density at radius 1 is 1.17 bits per heavy atom. The minimum atomic E-state index is 0.922. The fourth-order valence-corrected chi connectivity index (χ4v) is 0.999. The minimum Gasteiger partial charge on any atom is -0.259 e. The highest BCUT2D eigenvalue weighted by Gasteiger charge is 2.01. The van der Waals surface area contributed by atoms with Gasteiger partial charge in [-0.1, -0.05) is 35.9 Å². The second kappa shape index (κ2) is 3.09. The van der Waals surface area contributed by atoms with Crippen LogP contribution in [0.5, 0.6) is 0 Å². The molecule has 2 rings (SSSR count). The van der Waals surface area contributed by atoms with E-state index in [1.54, 1.807) is 6.08 Å². The van der Waals surface area contributed by atoms with Gasteiger partial charge in [0.05, 0.1) is 5.70 Å². The van der Waals surface area contributed by atoms with Crippen molar-refractivity contribution in [1.82, 2.24) is 11.0 Å². The summed E-state index contributed by atoms with van der Waals surface area (Å²) in [7, 11) is 0. The third kappa shape index (κ3) is 1.29. The highest BCUT2D eigenvalue weighted by Crippen LogP contribution is 2.10. The average Bonchev–Trinajstić information content (AvgIpc) is 2.21. The van der Waals surface area contributed by atoms with Crippen LogP contribution < -0.4 is 11.0 Å². The SMILES string of the molecule is [C]1=N[N]NC(c2ccccc2)=C1. The summed E-state index contributed by atoms with van der Waals surface area (Å²) >= 11 is 0. The quantitative estimate of drug-likeness (QED) is 0.649. The number of hydrogen-bond donors (Lipinski definition) is 1. The largest absolute Gasteiger partial charge is 0.259 e. The van der Waals surface area contributed by atoms with Crippen LogP contribution in [0.2, 0.25) is 0 Å². The fourth-order valence-electron chi connectivity index (χ4n) is 0.999. The zero-order valence-corrected chi connectivity index (χ0v) is 6.36. The minimum absolute atomic E-state index is 0.922. The van der Waals surface area contributed by atoms with E-state index in [0.29, 0.717) is 0 Å².